The lowest BCUT2D eigenvalue weighted by molar-refractivity contribution is -0.261. The highest BCUT2D eigenvalue weighted by Crippen LogP contribution is 2.32. The van der Waals surface area contributed by atoms with Crippen LogP contribution < -0.4 is 5.73 Å². The molecule has 0 aromatic heterocycles. The zero-order valence-corrected chi connectivity index (χ0v) is 24.0. The first-order valence-electron chi connectivity index (χ1n) is 15.4. The Morgan fingerprint density at radius 2 is 1.37 bits per heavy atom. The van der Waals surface area contributed by atoms with Crippen molar-refractivity contribution in [3.63, 3.8) is 0 Å². The van der Waals surface area contributed by atoms with E-state index < -0.39 is 23.8 Å². The maximum atomic E-state index is 13.0. The molecule has 2 fully saturated rings. The summed E-state index contributed by atoms with van der Waals surface area (Å²) in [5.41, 5.74) is 5.46. The number of rotatable bonds is 22. The summed E-state index contributed by atoms with van der Waals surface area (Å²) in [4.78, 5) is 36.7. The molecule has 3 atom stereocenters. The van der Waals surface area contributed by atoms with Crippen LogP contribution in [0.1, 0.15) is 136 Å². The molecule has 0 unspecified atom stereocenters. The van der Waals surface area contributed by atoms with Crippen molar-refractivity contribution in [1.82, 2.24) is 0 Å². The van der Waals surface area contributed by atoms with Gasteiger partial charge < -0.3 is 24.7 Å². The molecule has 8 nitrogen and oxygen atoms in total. The molecule has 220 valence electrons. The molecule has 0 spiro atoms. The first-order valence-corrected chi connectivity index (χ1v) is 15.4. The molecule has 2 saturated heterocycles. The van der Waals surface area contributed by atoms with Crippen molar-refractivity contribution in [3.05, 3.63) is 0 Å². The fraction of sp³-hybridized carbons (Fsp3) is 0.900. The van der Waals surface area contributed by atoms with Gasteiger partial charge in [-0.2, -0.15) is 0 Å². The third-order valence-corrected chi connectivity index (χ3v) is 7.85. The summed E-state index contributed by atoms with van der Waals surface area (Å²) in [6.07, 6.45) is 20.7. The van der Waals surface area contributed by atoms with Crippen molar-refractivity contribution in [2.75, 3.05) is 13.2 Å². The standard InChI is InChI=1S/C30H53NO7/c1-3-5-6-7-8-9-10-11-12-13-14-15-16-17-18-20-24(23-26-25(4-2)27(32)38-26)37-29(34)30(28(31)33)35-21-19-22-36-30/h24-26H,3-23H2,1-2H3,(H2,31,33)/t24-,25-,26-/m0/s1. The maximum Gasteiger partial charge on any atom is 0.377 e. The number of nitrogens with two attached hydrogens (primary N) is 1. The fourth-order valence-electron chi connectivity index (χ4n) is 5.39. The van der Waals surface area contributed by atoms with Crippen molar-refractivity contribution in [2.45, 2.75) is 154 Å². The Morgan fingerprint density at radius 1 is 0.868 bits per heavy atom. The maximum absolute atomic E-state index is 13.0. The molecule has 0 bridgehead atoms. The van der Waals surface area contributed by atoms with Gasteiger partial charge in [-0.3, -0.25) is 9.59 Å². The average molecular weight is 540 g/mol. The second-order valence-electron chi connectivity index (χ2n) is 11.0. The Hall–Kier alpha value is -1.67. The van der Waals surface area contributed by atoms with E-state index in [2.05, 4.69) is 6.92 Å². The van der Waals surface area contributed by atoms with E-state index in [4.69, 9.17) is 24.7 Å². The van der Waals surface area contributed by atoms with Gasteiger partial charge in [0.05, 0.1) is 19.1 Å². The number of carbonyl (C=O) groups is 3. The molecule has 0 aromatic carbocycles. The molecule has 0 radical (unpaired) electrons. The lowest BCUT2D eigenvalue weighted by Gasteiger charge is -2.37. The van der Waals surface area contributed by atoms with E-state index in [9.17, 15) is 14.4 Å². The number of hydrogen-bond donors (Lipinski definition) is 1. The third kappa shape index (κ3) is 10.8. The van der Waals surface area contributed by atoms with Crippen LogP contribution in [0.5, 0.6) is 0 Å². The molecule has 2 N–H and O–H groups in total. The van der Waals surface area contributed by atoms with E-state index >= 15 is 0 Å². The van der Waals surface area contributed by atoms with Crippen LogP contribution in [0, 0.1) is 5.92 Å². The van der Waals surface area contributed by atoms with Gasteiger partial charge >= 0.3 is 17.7 Å². The minimum absolute atomic E-state index is 0.176. The van der Waals surface area contributed by atoms with Gasteiger partial charge in [-0.05, 0) is 25.7 Å². The number of hydrogen-bond acceptors (Lipinski definition) is 7. The van der Waals surface area contributed by atoms with Crippen molar-refractivity contribution < 1.29 is 33.3 Å². The van der Waals surface area contributed by atoms with Crippen LogP contribution in [0.4, 0.5) is 0 Å². The molecule has 1 amide bonds. The number of unbranched alkanes of at least 4 members (excludes halogenated alkanes) is 14. The van der Waals surface area contributed by atoms with Crippen LogP contribution in [-0.4, -0.2) is 49.1 Å². The summed E-state index contributed by atoms with van der Waals surface area (Å²) in [5.74, 6) is -4.48. The third-order valence-electron chi connectivity index (χ3n) is 7.85. The fourth-order valence-corrected chi connectivity index (χ4v) is 5.39. The monoisotopic (exact) mass is 539 g/mol. The number of amides is 1. The molecular weight excluding hydrogens is 486 g/mol. The van der Waals surface area contributed by atoms with Crippen LogP contribution in [0.15, 0.2) is 0 Å². The molecule has 2 rings (SSSR count). The van der Waals surface area contributed by atoms with Gasteiger partial charge in [0.25, 0.3) is 5.91 Å². The molecular formula is C30H53NO7. The van der Waals surface area contributed by atoms with Crippen LogP contribution in [-0.2, 0) is 33.3 Å². The molecule has 38 heavy (non-hydrogen) atoms. The van der Waals surface area contributed by atoms with E-state index in [1.54, 1.807) is 0 Å². The molecule has 2 aliphatic heterocycles. The quantitative estimate of drug-likeness (QED) is 0.100. The molecule has 2 aliphatic rings. The summed E-state index contributed by atoms with van der Waals surface area (Å²) in [6, 6.07) is 0. The number of primary amides is 1. The summed E-state index contributed by atoms with van der Waals surface area (Å²) in [7, 11) is 0. The highest BCUT2D eigenvalue weighted by molar-refractivity contribution is 6.03. The first-order chi connectivity index (χ1) is 18.4. The van der Waals surface area contributed by atoms with Gasteiger partial charge in [-0.25, -0.2) is 4.79 Å². The topological polar surface area (TPSA) is 114 Å². The van der Waals surface area contributed by atoms with Gasteiger partial charge in [0.15, 0.2) is 0 Å². The van der Waals surface area contributed by atoms with Crippen molar-refractivity contribution in [2.24, 2.45) is 11.7 Å². The lowest BCUT2D eigenvalue weighted by atomic mass is 9.89. The predicted octanol–water partition coefficient (Wildman–Crippen LogP) is 6.12. The second-order valence-corrected chi connectivity index (χ2v) is 11.0. The largest absolute Gasteiger partial charge is 0.461 e. The van der Waals surface area contributed by atoms with Crippen LogP contribution in [0.2, 0.25) is 0 Å². The first kappa shape index (κ1) is 32.5. The predicted molar refractivity (Wildman–Crippen MR) is 146 cm³/mol. The van der Waals surface area contributed by atoms with Gasteiger partial charge in [0.2, 0.25) is 0 Å². The average Bonchev–Trinajstić information content (AvgIpc) is 2.90. The Kier molecular flexibility index (Phi) is 15.9. The Bertz CT molecular complexity index is 692. The van der Waals surface area contributed by atoms with E-state index in [1.165, 1.54) is 77.0 Å². The molecule has 8 heteroatoms. The van der Waals surface area contributed by atoms with Crippen molar-refractivity contribution in [1.29, 1.82) is 0 Å². The smallest absolute Gasteiger partial charge is 0.377 e. The zero-order valence-electron chi connectivity index (χ0n) is 24.0. The van der Waals surface area contributed by atoms with Crippen LogP contribution >= 0.6 is 0 Å². The normalized spacial score (nSPS) is 21.4. The van der Waals surface area contributed by atoms with E-state index in [1.807, 2.05) is 6.92 Å². The Balaban J connectivity index is 1.66. The summed E-state index contributed by atoms with van der Waals surface area (Å²) >= 11 is 0. The van der Waals surface area contributed by atoms with Crippen molar-refractivity contribution in [3.8, 4) is 0 Å². The van der Waals surface area contributed by atoms with E-state index in [0.29, 0.717) is 25.7 Å². The summed E-state index contributed by atoms with van der Waals surface area (Å²) in [5, 5.41) is 0. The number of ether oxygens (including phenoxy) is 4. The van der Waals surface area contributed by atoms with E-state index in [-0.39, 0.29) is 31.2 Å². The number of cyclic esters (lactones) is 1. The molecule has 0 aromatic rings. The van der Waals surface area contributed by atoms with Gasteiger partial charge in [-0.15, -0.1) is 0 Å². The highest BCUT2D eigenvalue weighted by atomic mass is 16.7. The van der Waals surface area contributed by atoms with Crippen LogP contribution in [0.25, 0.3) is 0 Å². The SMILES string of the molecule is CCCCCCCCCCCCCCCCC[C@@H](C[C@@H]1OC(=O)[C@H]1CC)OC(=O)C1(C(N)=O)OCCCO1. The second kappa shape index (κ2) is 18.6. The van der Waals surface area contributed by atoms with Crippen LogP contribution in [0.3, 0.4) is 0 Å². The Morgan fingerprint density at radius 3 is 1.82 bits per heavy atom. The Labute approximate surface area is 230 Å². The zero-order chi connectivity index (χ0) is 27.6. The molecule has 2 heterocycles. The lowest BCUT2D eigenvalue weighted by Crippen LogP contribution is -2.58. The number of esters is 2. The van der Waals surface area contributed by atoms with Gasteiger partial charge in [0.1, 0.15) is 12.2 Å². The minimum Gasteiger partial charge on any atom is -0.461 e. The molecule has 0 saturated carbocycles. The highest BCUT2D eigenvalue weighted by Gasteiger charge is 2.52. The summed E-state index contributed by atoms with van der Waals surface area (Å²) < 4.78 is 21.8. The summed E-state index contributed by atoms with van der Waals surface area (Å²) in [6.45, 7) is 4.59. The molecule has 0 aliphatic carbocycles. The van der Waals surface area contributed by atoms with Crippen molar-refractivity contribution >= 4 is 17.8 Å². The minimum atomic E-state index is -2.19. The number of carbonyl (C=O) groups excluding carboxylic acids is 3. The van der Waals surface area contributed by atoms with Gasteiger partial charge in [0, 0.05) is 6.42 Å². The van der Waals surface area contributed by atoms with Gasteiger partial charge in [-0.1, -0.05) is 104 Å². The van der Waals surface area contributed by atoms with E-state index in [0.717, 1.165) is 19.3 Å².